The van der Waals surface area contributed by atoms with E-state index in [1.54, 1.807) is 19.2 Å². The van der Waals surface area contributed by atoms with Crippen LogP contribution in [0, 0.1) is 10.1 Å². The number of nitro groups is 1. The Kier molecular flexibility index (Phi) is 5.29. The van der Waals surface area contributed by atoms with Gasteiger partial charge in [0.15, 0.2) is 0 Å². The lowest BCUT2D eigenvalue weighted by atomic mass is 10.1. The van der Waals surface area contributed by atoms with Crippen LogP contribution in [0.4, 0.5) is 11.4 Å². The summed E-state index contributed by atoms with van der Waals surface area (Å²) in [5.74, 6) is -0.278. The molecule has 1 aromatic carbocycles. The molecule has 0 atom stereocenters. The monoisotopic (exact) mass is 265 g/mol. The zero-order valence-corrected chi connectivity index (χ0v) is 11.4. The summed E-state index contributed by atoms with van der Waals surface area (Å²) in [6.07, 6.45) is 1.66. The minimum Gasteiger partial charge on any atom is -0.383 e. The molecule has 1 amide bonds. The predicted molar refractivity (Wildman–Crippen MR) is 74.5 cm³/mol. The standard InChI is InChI=1S/C13H19N3O3/c1-4-10(5-2)15-13(17)9-6-7-11(14-3)12(8-9)16(18)19/h6-8,10,14H,4-5H2,1-3H3,(H,15,17). The number of nitrogens with one attached hydrogen (secondary N) is 2. The lowest BCUT2D eigenvalue weighted by molar-refractivity contribution is -0.384. The first kappa shape index (κ1) is 14.9. The van der Waals surface area contributed by atoms with Gasteiger partial charge in [0.1, 0.15) is 5.69 Å². The minimum absolute atomic E-state index is 0.0931. The van der Waals surface area contributed by atoms with Crippen molar-refractivity contribution in [3.05, 3.63) is 33.9 Å². The lowest BCUT2D eigenvalue weighted by Gasteiger charge is -2.14. The Morgan fingerprint density at radius 2 is 2.00 bits per heavy atom. The highest BCUT2D eigenvalue weighted by Gasteiger charge is 2.17. The highest BCUT2D eigenvalue weighted by atomic mass is 16.6. The Hall–Kier alpha value is -2.11. The first-order chi connectivity index (χ1) is 9.03. The topological polar surface area (TPSA) is 84.3 Å². The molecule has 6 nitrogen and oxygen atoms in total. The molecule has 19 heavy (non-hydrogen) atoms. The van der Waals surface area contributed by atoms with Gasteiger partial charge in [-0.05, 0) is 25.0 Å². The van der Waals surface area contributed by atoms with Gasteiger partial charge in [0.2, 0.25) is 0 Å². The van der Waals surface area contributed by atoms with E-state index < -0.39 is 4.92 Å². The van der Waals surface area contributed by atoms with Crippen LogP contribution in [0.15, 0.2) is 18.2 Å². The van der Waals surface area contributed by atoms with Crippen molar-refractivity contribution >= 4 is 17.3 Å². The van der Waals surface area contributed by atoms with E-state index in [2.05, 4.69) is 10.6 Å². The van der Waals surface area contributed by atoms with Gasteiger partial charge in [0.25, 0.3) is 11.6 Å². The number of nitrogens with zero attached hydrogens (tertiary/aromatic N) is 1. The third-order valence-electron chi connectivity index (χ3n) is 3.05. The van der Waals surface area contributed by atoms with Crippen molar-refractivity contribution in [2.24, 2.45) is 0 Å². The quantitative estimate of drug-likeness (QED) is 0.611. The van der Waals surface area contributed by atoms with Crippen LogP contribution in [-0.4, -0.2) is 23.9 Å². The second-order valence-electron chi connectivity index (χ2n) is 4.23. The van der Waals surface area contributed by atoms with E-state index in [4.69, 9.17) is 0 Å². The molecule has 0 aliphatic rings. The average Bonchev–Trinajstić information content (AvgIpc) is 2.43. The van der Waals surface area contributed by atoms with Gasteiger partial charge in [-0.2, -0.15) is 0 Å². The molecule has 0 fully saturated rings. The fourth-order valence-electron chi connectivity index (χ4n) is 1.80. The summed E-state index contributed by atoms with van der Waals surface area (Å²) in [5, 5.41) is 16.5. The van der Waals surface area contributed by atoms with Crippen LogP contribution in [-0.2, 0) is 0 Å². The largest absolute Gasteiger partial charge is 0.383 e. The average molecular weight is 265 g/mol. The predicted octanol–water partition coefficient (Wildman–Crippen LogP) is 2.55. The van der Waals surface area contributed by atoms with Gasteiger partial charge >= 0.3 is 0 Å². The Bertz CT molecular complexity index is 470. The number of rotatable bonds is 6. The molecule has 1 aromatic rings. The van der Waals surface area contributed by atoms with E-state index in [9.17, 15) is 14.9 Å². The van der Waals surface area contributed by atoms with E-state index >= 15 is 0 Å². The Balaban J connectivity index is 2.98. The zero-order valence-electron chi connectivity index (χ0n) is 11.4. The maximum absolute atomic E-state index is 12.0. The van der Waals surface area contributed by atoms with Gasteiger partial charge in [-0.25, -0.2) is 0 Å². The summed E-state index contributed by atoms with van der Waals surface area (Å²) < 4.78 is 0. The van der Waals surface area contributed by atoms with Crippen molar-refractivity contribution in [1.82, 2.24) is 5.32 Å². The van der Waals surface area contributed by atoms with Gasteiger partial charge in [-0.15, -0.1) is 0 Å². The first-order valence-electron chi connectivity index (χ1n) is 6.30. The molecule has 2 N–H and O–H groups in total. The highest BCUT2D eigenvalue weighted by Crippen LogP contribution is 2.25. The van der Waals surface area contributed by atoms with E-state index in [1.165, 1.54) is 6.07 Å². The number of benzene rings is 1. The second kappa shape index (κ2) is 6.72. The summed E-state index contributed by atoms with van der Waals surface area (Å²) >= 11 is 0. The maximum Gasteiger partial charge on any atom is 0.293 e. The number of hydrogen-bond donors (Lipinski definition) is 2. The van der Waals surface area contributed by atoms with E-state index in [0.717, 1.165) is 12.8 Å². The van der Waals surface area contributed by atoms with Crippen LogP contribution in [0.25, 0.3) is 0 Å². The normalized spacial score (nSPS) is 10.3. The van der Waals surface area contributed by atoms with Gasteiger partial charge in [-0.3, -0.25) is 14.9 Å². The maximum atomic E-state index is 12.0. The van der Waals surface area contributed by atoms with Gasteiger partial charge < -0.3 is 10.6 Å². The molecular weight excluding hydrogens is 246 g/mol. The van der Waals surface area contributed by atoms with Crippen LogP contribution in [0.2, 0.25) is 0 Å². The fraction of sp³-hybridized carbons (Fsp3) is 0.462. The third kappa shape index (κ3) is 3.67. The number of anilines is 1. The van der Waals surface area contributed by atoms with E-state index in [-0.39, 0.29) is 17.6 Å². The highest BCUT2D eigenvalue weighted by molar-refractivity contribution is 5.95. The molecule has 1 rings (SSSR count). The number of hydrogen-bond acceptors (Lipinski definition) is 4. The van der Waals surface area contributed by atoms with Gasteiger partial charge in [0.05, 0.1) is 4.92 Å². The summed E-state index contributed by atoms with van der Waals surface area (Å²) in [6.45, 7) is 3.97. The molecular formula is C13H19N3O3. The van der Waals surface area contributed by atoms with Crippen LogP contribution < -0.4 is 10.6 Å². The number of amides is 1. The molecule has 104 valence electrons. The third-order valence-corrected chi connectivity index (χ3v) is 3.05. The fourth-order valence-corrected chi connectivity index (χ4v) is 1.80. The molecule has 0 radical (unpaired) electrons. The molecule has 0 heterocycles. The summed E-state index contributed by atoms with van der Waals surface area (Å²) in [7, 11) is 1.60. The molecule has 0 bridgehead atoms. The Morgan fingerprint density at radius 3 is 2.47 bits per heavy atom. The molecule has 0 saturated heterocycles. The minimum atomic E-state index is -0.500. The number of nitro benzene ring substituents is 1. The van der Waals surface area contributed by atoms with Crippen LogP contribution >= 0.6 is 0 Å². The Morgan fingerprint density at radius 1 is 1.37 bits per heavy atom. The molecule has 0 aromatic heterocycles. The Labute approximate surface area is 112 Å². The van der Waals surface area contributed by atoms with Gasteiger partial charge in [0, 0.05) is 24.7 Å². The van der Waals surface area contributed by atoms with E-state index in [0.29, 0.717) is 11.3 Å². The van der Waals surface area contributed by atoms with Crippen molar-refractivity contribution in [3.63, 3.8) is 0 Å². The molecule has 0 unspecified atom stereocenters. The van der Waals surface area contributed by atoms with Gasteiger partial charge in [-0.1, -0.05) is 13.8 Å². The lowest BCUT2D eigenvalue weighted by Crippen LogP contribution is -2.33. The van der Waals surface area contributed by atoms with Crippen LogP contribution in [0.5, 0.6) is 0 Å². The summed E-state index contributed by atoms with van der Waals surface area (Å²) in [5.41, 5.74) is 0.598. The summed E-state index contributed by atoms with van der Waals surface area (Å²) in [4.78, 5) is 22.4. The number of carbonyl (C=O) groups is 1. The van der Waals surface area contributed by atoms with Crippen molar-refractivity contribution < 1.29 is 9.72 Å². The van der Waals surface area contributed by atoms with E-state index in [1.807, 2.05) is 13.8 Å². The summed E-state index contributed by atoms with van der Waals surface area (Å²) in [6, 6.07) is 4.51. The smallest absolute Gasteiger partial charge is 0.293 e. The molecule has 0 saturated carbocycles. The SMILES string of the molecule is CCC(CC)NC(=O)c1ccc(NC)c([N+](=O)[O-])c1. The molecule has 0 spiro atoms. The molecule has 0 aliphatic heterocycles. The zero-order chi connectivity index (χ0) is 14.4. The number of carbonyl (C=O) groups excluding carboxylic acids is 1. The van der Waals surface area contributed by atoms with Crippen molar-refractivity contribution in [1.29, 1.82) is 0 Å². The second-order valence-corrected chi connectivity index (χ2v) is 4.23. The van der Waals surface area contributed by atoms with Crippen molar-refractivity contribution in [2.45, 2.75) is 32.7 Å². The molecule has 6 heteroatoms. The molecule has 0 aliphatic carbocycles. The van der Waals surface area contributed by atoms with Crippen LogP contribution in [0.1, 0.15) is 37.0 Å². The van der Waals surface area contributed by atoms with Crippen LogP contribution in [0.3, 0.4) is 0 Å². The van der Waals surface area contributed by atoms with Crippen molar-refractivity contribution in [3.8, 4) is 0 Å². The first-order valence-corrected chi connectivity index (χ1v) is 6.30. The van der Waals surface area contributed by atoms with Crippen molar-refractivity contribution in [2.75, 3.05) is 12.4 Å².